The average Bonchev–Trinajstić information content (AvgIpc) is 3.45. The lowest BCUT2D eigenvalue weighted by Crippen LogP contribution is -1.94. The van der Waals surface area contributed by atoms with Crippen molar-refractivity contribution in [2.45, 2.75) is 51.3 Å². The van der Waals surface area contributed by atoms with E-state index in [1.807, 2.05) is 59.9 Å². The maximum Gasteiger partial charge on any atom is 0.163 e. The van der Waals surface area contributed by atoms with Gasteiger partial charge >= 0.3 is 0 Å². The second kappa shape index (κ2) is 11.8. The molecule has 4 rings (SSSR count). The summed E-state index contributed by atoms with van der Waals surface area (Å²) in [6.45, 7) is 11.9. The number of thioether (sulfide) groups is 2. The number of carbonyl (C=O) groups excluding carboxylic acids is 2. The molecule has 0 N–H and O–H groups in total. The number of Topliss-reactive ketones (excluding diaryl/α,β-unsaturated/α-hetero) is 2. The molecule has 0 saturated heterocycles. The molecule has 0 fully saturated rings. The third kappa shape index (κ3) is 6.36. The molecule has 0 atom stereocenters. The predicted molar refractivity (Wildman–Crippen MR) is 144 cm³/mol. The van der Waals surface area contributed by atoms with Crippen LogP contribution < -0.4 is 0 Å². The summed E-state index contributed by atoms with van der Waals surface area (Å²) in [5.74, 6) is 3.53. The van der Waals surface area contributed by atoms with Crippen LogP contribution in [-0.2, 0) is 0 Å². The van der Waals surface area contributed by atoms with Gasteiger partial charge < -0.3 is 8.83 Å². The zero-order chi connectivity index (χ0) is 24.8. The highest BCUT2D eigenvalue weighted by molar-refractivity contribution is 7.99. The topological polar surface area (TPSA) is 60.4 Å². The van der Waals surface area contributed by atoms with E-state index in [9.17, 15) is 9.59 Å². The first kappa shape index (κ1) is 26.2. The highest BCUT2D eigenvalue weighted by Gasteiger charge is 2.13. The van der Waals surface area contributed by atoms with Crippen LogP contribution in [0, 0.1) is 11.8 Å². The average molecular weight is 497 g/mol. The maximum atomic E-state index is 11.5. The van der Waals surface area contributed by atoms with E-state index in [0.717, 1.165) is 22.3 Å². The van der Waals surface area contributed by atoms with Gasteiger partial charge in [0.25, 0.3) is 0 Å². The number of hydrogen-bond acceptors (Lipinski definition) is 6. The molecule has 6 heteroatoms. The minimum absolute atomic E-state index is 0.0466. The molecule has 0 aliphatic carbocycles. The van der Waals surface area contributed by atoms with Crippen molar-refractivity contribution >= 4 is 57.0 Å². The molecule has 0 amide bonds. The van der Waals surface area contributed by atoms with E-state index in [1.165, 1.54) is 9.79 Å². The summed E-state index contributed by atoms with van der Waals surface area (Å²) in [5.41, 5.74) is 2.76. The van der Waals surface area contributed by atoms with Crippen LogP contribution in [0.25, 0.3) is 21.9 Å². The summed E-state index contributed by atoms with van der Waals surface area (Å²) >= 11 is 3.62. The van der Waals surface area contributed by atoms with E-state index in [-0.39, 0.29) is 11.6 Å². The van der Waals surface area contributed by atoms with Crippen LogP contribution in [-0.4, -0.2) is 23.1 Å². The molecule has 2 heterocycles. The van der Waals surface area contributed by atoms with Gasteiger partial charge in [0.15, 0.2) is 11.6 Å². The van der Waals surface area contributed by atoms with E-state index in [1.54, 1.807) is 26.4 Å². The van der Waals surface area contributed by atoms with Gasteiger partial charge in [-0.15, -0.1) is 23.5 Å². The summed E-state index contributed by atoms with van der Waals surface area (Å²) in [6.07, 6.45) is 3.30. The Balaban J connectivity index is 0.000000191. The van der Waals surface area contributed by atoms with Crippen LogP contribution in [0.4, 0.5) is 0 Å². The van der Waals surface area contributed by atoms with E-state index >= 15 is 0 Å². The third-order valence-corrected chi connectivity index (χ3v) is 8.06. The standard InChI is InChI=1S/2C14H16O2S/c2*1-9(2)8-17-13-5-4-11(10(3)15)14-12(13)6-7-16-14/h2*4-7,9H,8H2,1-3H3. The van der Waals surface area contributed by atoms with Crippen molar-refractivity contribution in [2.24, 2.45) is 11.8 Å². The van der Waals surface area contributed by atoms with Crippen molar-refractivity contribution in [1.82, 2.24) is 0 Å². The summed E-state index contributed by atoms with van der Waals surface area (Å²) in [6, 6.07) is 11.6. The Morgan fingerprint density at radius 3 is 1.38 bits per heavy atom. The number of fused-ring (bicyclic) bond motifs is 2. The minimum Gasteiger partial charge on any atom is -0.464 e. The quantitative estimate of drug-likeness (QED) is 0.179. The number of furan rings is 2. The fourth-order valence-electron chi connectivity index (χ4n) is 3.39. The van der Waals surface area contributed by atoms with Crippen molar-refractivity contribution in [3.8, 4) is 0 Å². The summed E-state index contributed by atoms with van der Waals surface area (Å²) in [5, 5.41) is 2.09. The summed E-state index contributed by atoms with van der Waals surface area (Å²) in [4.78, 5) is 25.3. The van der Waals surface area contributed by atoms with Gasteiger partial charge in [-0.25, -0.2) is 0 Å². The molecular formula is C28H32O4S2. The summed E-state index contributed by atoms with van der Waals surface area (Å²) in [7, 11) is 0. The first-order valence-electron chi connectivity index (χ1n) is 11.5. The first-order valence-corrected chi connectivity index (χ1v) is 13.4. The fourth-order valence-corrected chi connectivity index (χ4v) is 5.38. The van der Waals surface area contributed by atoms with Crippen LogP contribution in [0.1, 0.15) is 62.3 Å². The van der Waals surface area contributed by atoms with Gasteiger partial charge in [0.05, 0.1) is 23.7 Å². The zero-order valence-electron chi connectivity index (χ0n) is 20.6. The lowest BCUT2D eigenvalue weighted by Gasteiger charge is -2.07. The largest absolute Gasteiger partial charge is 0.464 e. The molecule has 0 radical (unpaired) electrons. The van der Waals surface area contributed by atoms with Gasteiger partial charge in [0, 0.05) is 32.1 Å². The predicted octanol–water partition coefficient (Wildman–Crippen LogP) is 8.77. The number of hydrogen-bond donors (Lipinski definition) is 0. The fraction of sp³-hybridized carbons (Fsp3) is 0.357. The van der Waals surface area contributed by atoms with Gasteiger partial charge in [-0.2, -0.15) is 0 Å². The summed E-state index contributed by atoms with van der Waals surface area (Å²) < 4.78 is 10.8. The highest BCUT2D eigenvalue weighted by Crippen LogP contribution is 2.33. The number of benzene rings is 2. The van der Waals surface area contributed by atoms with Crippen molar-refractivity contribution in [2.75, 3.05) is 11.5 Å². The molecule has 0 bridgehead atoms. The van der Waals surface area contributed by atoms with Gasteiger partial charge in [0.2, 0.25) is 0 Å². The monoisotopic (exact) mass is 496 g/mol. The van der Waals surface area contributed by atoms with Gasteiger partial charge in [-0.05, 0) is 62.1 Å². The van der Waals surface area contributed by atoms with E-state index in [0.29, 0.717) is 34.1 Å². The molecule has 0 aliphatic rings. The normalized spacial score (nSPS) is 11.3. The maximum absolute atomic E-state index is 11.5. The molecule has 0 aliphatic heterocycles. The third-order valence-electron chi connectivity index (χ3n) is 5.06. The van der Waals surface area contributed by atoms with Crippen molar-refractivity contribution < 1.29 is 18.4 Å². The number of rotatable bonds is 8. The zero-order valence-corrected chi connectivity index (χ0v) is 22.3. The highest BCUT2D eigenvalue weighted by atomic mass is 32.2. The second-order valence-corrected chi connectivity index (χ2v) is 11.2. The Hall–Kier alpha value is -2.44. The lowest BCUT2D eigenvalue weighted by molar-refractivity contribution is 0.100. The van der Waals surface area contributed by atoms with Crippen LogP contribution in [0.3, 0.4) is 0 Å². The van der Waals surface area contributed by atoms with Crippen LogP contribution >= 0.6 is 23.5 Å². The van der Waals surface area contributed by atoms with Crippen molar-refractivity contribution in [3.63, 3.8) is 0 Å². The molecule has 180 valence electrons. The van der Waals surface area contributed by atoms with Gasteiger partial charge in [-0.1, -0.05) is 27.7 Å². The molecule has 2 aromatic carbocycles. The Bertz CT molecular complexity index is 1180. The number of carbonyl (C=O) groups is 2. The van der Waals surface area contributed by atoms with Crippen molar-refractivity contribution in [3.05, 3.63) is 60.1 Å². The Morgan fingerprint density at radius 1 is 0.676 bits per heavy atom. The smallest absolute Gasteiger partial charge is 0.163 e. The Labute approximate surface area is 209 Å². The van der Waals surface area contributed by atoms with E-state index < -0.39 is 0 Å². The second-order valence-electron chi connectivity index (χ2n) is 9.07. The van der Waals surface area contributed by atoms with Crippen LogP contribution in [0.5, 0.6) is 0 Å². The lowest BCUT2D eigenvalue weighted by atomic mass is 10.1. The Kier molecular flexibility index (Phi) is 9.09. The SMILES string of the molecule is CC(=O)c1ccc(SCC(C)C)c2ccoc12.CC(=O)c1ccc(SCC(C)C)c2ccoc12. The Morgan fingerprint density at radius 2 is 1.06 bits per heavy atom. The minimum atomic E-state index is 0.0466. The molecule has 0 saturated carbocycles. The van der Waals surface area contributed by atoms with Crippen molar-refractivity contribution in [1.29, 1.82) is 0 Å². The first-order chi connectivity index (χ1) is 16.2. The molecule has 34 heavy (non-hydrogen) atoms. The number of ketones is 2. The molecule has 0 unspecified atom stereocenters. The molecule has 4 aromatic rings. The van der Waals surface area contributed by atoms with E-state index in [2.05, 4.69) is 27.7 Å². The molecule has 2 aromatic heterocycles. The molecule has 0 spiro atoms. The van der Waals surface area contributed by atoms with Crippen LogP contribution in [0.2, 0.25) is 0 Å². The van der Waals surface area contributed by atoms with Gasteiger partial charge in [0.1, 0.15) is 11.2 Å². The van der Waals surface area contributed by atoms with Crippen LogP contribution in [0.15, 0.2) is 67.5 Å². The van der Waals surface area contributed by atoms with E-state index in [4.69, 9.17) is 8.83 Å². The van der Waals surface area contributed by atoms with Gasteiger partial charge in [-0.3, -0.25) is 9.59 Å². The molecular weight excluding hydrogens is 464 g/mol. The molecule has 4 nitrogen and oxygen atoms in total.